The van der Waals surface area contributed by atoms with Gasteiger partial charge in [-0.2, -0.15) is 0 Å². The highest BCUT2D eigenvalue weighted by molar-refractivity contribution is 6.42. The summed E-state index contributed by atoms with van der Waals surface area (Å²) in [7, 11) is 1.09. The third-order valence-electron chi connectivity index (χ3n) is 3.68. The summed E-state index contributed by atoms with van der Waals surface area (Å²) in [6.07, 6.45) is 0. The number of rotatable bonds is 3. The number of nitrogens with zero attached hydrogens (tertiary/aromatic N) is 2. The molecule has 2 aromatic heterocycles. The number of esters is 1. The van der Waals surface area contributed by atoms with Gasteiger partial charge in [0.2, 0.25) is 0 Å². The van der Waals surface area contributed by atoms with Crippen LogP contribution in [0.1, 0.15) is 15.9 Å². The van der Waals surface area contributed by atoms with Crippen molar-refractivity contribution in [3.63, 3.8) is 0 Å². The molecule has 130 valence electrons. The molecular weight excluding hydrogens is 374 g/mol. The molecule has 1 N–H and O–H groups in total. The van der Waals surface area contributed by atoms with E-state index in [1.54, 1.807) is 0 Å². The van der Waals surface area contributed by atoms with Crippen molar-refractivity contribution in [2.24, 2.45) is 0 Å². The number of hydrogen-bond acceptors (Lipinski definition) is 4. The van der Waals surface area contributed by atoms with Crippen LogP contribution in [0.5, 0.6) is 5.75 Å². The van der Waals surface area contributed by atoms with Gasteiger partial charge in [0.15, 0.2) is 11.3 Å². The number of methoxy groups -OCH3 is 1. The van der Waals surface area contributed by atoms with E-state index < -0.39 is 28.7 Å². The van der Waals surface area contributed by atoms with Crippen molar-refractivity contribution in [1.29, 1.82) is 0 Å². The van der Waals surface area contributed by atoms with Gasteiger partial charge in [-0.3, -0.25) is 4.79 Å². The summed E-state index contributed by atoms with van der Waals surface area (Å²) in [4.78, 5) is 24.7. The number of aromatic nitrogens is 2. The number of benzene rings is 1. The molecule has 0 spiro atoms. The van der Waals surface area contributed by atoms with Gasteiger partial charge < -0.3 is 9.84 Å². The summed E-state index contributed by atoms with van der Waals surface area (Å²) in [6.45, 7) is -0.0371. The Hall–Kier alpha value is -2.51. The summed E-state index contributed by atoms with van der Waals surface area (Å²) in [5.41, 5.74) is -0.720. The van der Waals surface area contributed by atoms with Crippen molar-refractivity contribution >= 4 is 34.7 Å². The Labute approximate surface area is 150 Å². The minimum Gasteiger partial charge on any atom is -0.505 e. The Balaban J connectivity index is 2.33. The van der Waals surface area contributed by atoms with Gasteiger partial charge in [0.25, 0.3) is 5.56 Å². The van der Waals surface area contributed by atoms with E-state index in [0.29, 0.717) is 5.56 Å². The van der Waals surface area contributed by atoms with E-state index in [2.05, 4.69) is 4.74 Å². The first-order valence-electron chi connectivity index (χ1n) is 7.00. The van der Waals surface area contributed by atoms with Crippen LogP contribution in [0.3, 0.4) is 0 Å². The SMILES string of the molecule is COC(=O)c1c(O)c2cc(Cl)c(Cl)n2n(Cc2ccc(F)cc2)c1=O. The topological polar surface area (TPSA) is 72.9 Å². The Morgan fingerprint density at radius 1 is 1.28 bits per heavy atom. The molecule has 3 aromatic rings. The number of fused-ring (bicyclic) bond motifs is 1. The molecule has 0 fully saturated rings. The maximum absolute atomic E-state index is 13.1. The summed E-state index contributed by atoms with van der Waals surface area (Å²) >= 11 is 12.1. The predicted molar refractivity (Wildman–Crippen MR) is 90.2 cm³/mol. The van der Waals surface area contributed by atoms with E-state index in [1.165, 1.54) is 34.8 Å². The second kappa shape index (κ2) is 6.42. The summed E-state index contributed by atoms with van der Waals surface area (Å²) < 4.78 is 20.0. The Morgan fingerprint density at radius 3 is 2.52 bits per heavy atom. The number of aromatic hydroxyl groups is 1. The molecule has 0 aliphatic carbocycles. The van der Waals surface area contributed by atoms with E-state index in [1.807, 2.05) is 0 Å². The van der Waals surface area contributed by atoms with Gasteiger partial charge in [-0.1, -0.05) is 35.3 Å². The van der Waals surface area contributed by atoms with Crippen LogP contribution in [-0.2, 0) is 11.3 Å². The maximum Gasteiger partial charge on any atom is 0.347 e. The molecule has 0 amide bonds. The largest absolute Gasteiger partial charge is 0.505 e. The highest BCUT2D eigenvalue weighted by atomic mass is 35.5. The highest BCUT2D eigenvalue weighted by Gasteiger charge is 2.25. The fraction of sp³-hybridized carbons (Fsp3) is 0.125. The molecule has 0 unspecified atom stereocenters. The molecule has 0 aliphatic heterocycles. The van der Waals surface area contributed by atoms with Crippen LogP contribution in [0.2, 0.25) is 10.2 Å². The average molecular weight is 385 g/mol. The third-order valence-corrected chi connectivity index (χ3v) is 4.43. The van der Waals surface area contributed by atoms with Gasteiger partial charge in [0.1, 0.15) is 16.5 Å². The predicted octanol–water partition coefficient (Wildman–Crippen LogP) is 3.09. The molecule has 2 heterocycles. The molecule has 0 bridgehead atoms. The minimum atomic E-state index is -0.994. The molecule has 0 atom stereocenters. The zero-order valence-electron chi connectivity index (χ0n) is 12.8. The van der Waals surface area contributed by atoms with Crippen LogP contribution in [0.25, 0.3) is 5.52 Å². The average Bonchev–Trinajstić information content (AvgIpc) is 2.89. The molecule has 0 aliphatic rings. The minimum absolute atomic E-state index is 0.0115. The number of ether oxygens (including phenoxy) is 1. The lowest BCUT2D eigenvalue weighted by molar-refractivity contribution is 0.0594. The van der Waals surface area contributed by atoms with Gasteiger partial charge in [-0.05, 0) is 23.8 Å². The number of carbonyl (C=O) groups is 1. The number of halogens is 3. The summed E-state index contributed by atoms with van der Waals surface area (Å²) in [6, 6.07) is 6.77. The van der Waals surface area contributed by atoms with Gasteiger partial charge >= 0.3 is 5.97 Å². The molecule has 6 nitrogen and oxygen atoms in total. The molecule has 9 heteroatoms. The van der Waals surface area contributed by atoms with Crippen molar-refractivity contribution in [1.82, 2.24) is 9.20 Å². The standard InChI is InChI=1S/C16H11Cl2FN2O4/c1-25-16(24)12-13(22)11-6-10(17)14(18)21(11)20(15(12)23)7-8-2-4-9(19)5-3-8/h2-6,22H,7H2,1H3. The van der Waals surface area contributed by atoms with Gasteiger partial charge in [0, 0.05) is 0 Å². The van der Waals surface area contributed by atoms with E-state index in [0.717, 1.165) is 11.8 Å². The second-order valence-corrected chi connectivity index (χ2v) is 5.95. The highest BCUT2D eigenvalue weighted by Crippen LogP contribution is 2.32. The molecule has 0 radical (unpaired) electrons. The van der Waals surface area contributed by atoms with Crippen LogP contribution in [0.4, 0.5) is 4.39 Å². The lowest BCUT2D eigenvalue weighted by Gasteiger charge is -2.14. The first-order chi connectivity index (χ1) is 11.8. The van der Waals surface area contributed by atoms with Crippen molar-refractivity contribution < 1.29 is 19.0 Å². The Morgan fingerprint density at radius 2 is 1.92 bits per heavy atom. The Kier molecular flexibility index (Phi) is 4.45. The number of carbonyl (C=O) groups excluding carboxylic acids is 1. The Bertz CT molecular complexity index is 1040. The number of hydrogen-bond donors (Lipinski definition) is 1. The zero-order chi connectivity index (χ0) is 18.3. The first kappa shape index (κ1) is 17.3. The monoisotopic (exact) mass is 384 g/mol. The van der Waals surface area contributed by atoms with Crippen LogP contribution < -0.4 is 5.56 Å². The van der Waals surface area contributed by atoms with Crippen LogP contribution >= 0.6 is 23.2 Å². The van der Waals surface area contributed by atoms with Crippen molar-refractivity contribution in [2.45, 2.75) is 6.54 Å². The fourth-order valence-corrected chi connectivity index (χ4v) is 2.91. The zero-order valence-corrected chi connectivity index (χ0v) is 14.3. The molecule has 1 aromatic carbocycles. The van der Waals surface area contributed by atoms with E-state index >= 15 is 0 Å². The lowest BCUT2D eigenvalue weighted by atomic mass is 10.2. The molecule has 3 rings (SSSR count). The fourth-order valence-electron chi connectivity index (χ4n) is 2.49. The molecule has 25 heavy (non-hydrogen) atoms. The van der Waals surface area contributed by atoms with Crippen molar-refractivity contribution in [3.05, 3.63) is 67.8 Å². The molecular formula is C16H11Cl2FN2O4. The van der Waals surface area contributed by atoms with E-state index in [9.17, 15) is 19.1 Å². The second-order valence-electron chi connectivity index (χ2n) is 5.18. The first-order valence-corrected chi connectivity index (χ1v) is 7.76. The summed E-state index contributed by atoms with van der Waals surface area (Å²) in [5.74, 6) is -2.00. The molecule has 0 saturated carbocycles. The molecule has 0 saturated heterocycles. The van der Waals surface area contributed by atoms with Crippen molar-refractivity contribution in [2.75, 3.05) is 7.11 Å². The van der Waals surface area contributed by atoms with E-state index in [-0.39, 0.29) is 22.2 Å². The van der Waals surface area contributed by atoms with Crippen molar-refractivity contribution in [3.8, 4) is 5.75 Å². The van der Waals surface area contributed by atoms with Crippen LogP contribution in [0, 0.1) is 5.82 Å². The third kappa shape index (κ3) is 2.85. The van der Waals surface area contributed by atoms with E-state index in [4.69, 9.17) is 23.2 Å². The van der Waals surface area contributed by atoms with Gasteiger partial charge in [-0.25, -0.2) is 18.4 Å². The normalized spacial score (nSPS) is 11.0. The van der Waals surface area contributed by atoms with Gasteiger partial charge in [0.05, 0.1) is 18.7 Å². The lowest BCUT2D eigenvalue weighted by Crippen LogP contribution is -2.32. The maximum atomic E-state index is 13.1. The van der Waals surface area contributed by atoms with Crippen LogP contribution in [-0.4, -0.2) is 27.4 Å². The summed E-state index contributed by atoms with van der Waals surface area (Å²) in [5, 5.41) is 10.4. The van der Waals surface area contributed by atoms with Crippen LogP contribution in [0.15, 0.2) is 35.1 Å². The quantitative estimate of drug-likeness (QED) is 0.704. The van der Waals surface area contributed by atoms with Gasteiger partial charge in [-0.15, -0.1) is 0 Å². The smallest absolute Gasteiger partial charge is 0.347 e.